The lowest BCUT2D eigenvalue weighted by Gasteiger charge is -2.27. The lowest BCUT2D eigenvalue weighted by Crippen LogP contribution is -2.29. The number of rotatable bonds is 6. The van der Waals surface area contributed by atoms with Crippen molar-refractivity contribution in [2.75, 3.05) is 33.3 Å². The van der Waals surface area contributed by atoms with Crippen LogP contribution in [0.4, 0.5) is 0 Å². The maximum Gasteiger partial charge on any atom is 0.253 e. The van der Waals surface area contributed by atoms with Crippen LogP contribution in [-0.4, -0.2) is 49.0 Å². The van der Waals surface area contributed by atoms with Crippen LogP contribution in [0.1, 0.15) is 79.1 Å². The maximum absolute atomic E-state index is 13.3. The molecular formula is C35H46N2O2. The average molecular weight is 527 g/mol. The van der Waals surface area contributed by atoms with Gasteiger partial charge in [-0.2, -0.15) is 0 Å². The zero-order valence-corrected chi connectivity index (χ0v) is 24.4. The van der Waals surface area contributed by atoms with Crippen LogP contribution < -0.4 is 4.74 Å². The largest absolute Gasteiger partial charge is 0.493 e. The van der Waals surface area contributed by atoms with Gasteiger partial charge in [-0.3, -0.25) is 9.69 Å². The number of benzene rings is 3. The summed E-state index contributed by atoms with van der Waals surface area (Å²) in [5.74, 6) is 0.948. The van der Waals surface area contributed by atoms with E-state index in [0.29, 0.717) is 18.6 Å². The topological polar surface area (TPSA) is 32.8 Å². The van der Waals surface area contributed by atoms with Crippen LogP contribution in [0, 0.1) is 5.41 Å². The van der Waals surface area contributed by atoms with Crippen LogP contribution in [-0.2, 0) is 19.4 Å². The molecule has 1 heterocycles. The Morgan fingerprint density at radius 2 is 1.72 bits per heavy atom. The van der Waals surface area contributed by atoms with Gasteiger partial charge in [0, 0.05) is 32.1 Å². The van der Waals surface area contributed by atoms with E-state index in [9.17, 15) is 4.79 Å². The number of ether oxygens (including phenoxy) is 1. The number of hydrogen-bond donors (Lipinski definition) is 0. The SMILES string of the molecule is CN(CCc1ccccc1)C(=O)c1ccc2c(c1)Cc1cccc(c1)CN(CCC(C)(C)C)CCCCCO2. The molecule has 0 spiro atoms. The lowest BCUT2D eigenvalue weighted by molar-refractivity contribution is 0.0796. The average Bonchev–Trinajstić information content (AvgIpc) is 2.92. The van der Waals surface area contributed by atoms with Crippen molar-refractivity contribution in [1.29, 1.82) is 0 Å². The Hall–Kier alpha value is -3.11. The summed E-state index contributed by atoms with van der Waals surface area (Å²) in [6.45, 7) is 11.6. The number of fused-ring (bicyclic) bond motifs is 3. The molecule has 39 heavy (non-hydrogen) atoms. The summed E-state index contributed by atoms with van der Waals surface area (Å²) < 4.78 is 6.29. The minimum absolute atomic E-state index is 0.0522. The molecule has 0 atom stereocenters. The Bertz CT molecular complexity index is 1200. The highest BCUT2D eigenvalue weighted by Crippen LogP contribution is 2.26. The summed E-state index contributed by atoms with van der Waals surface area (Å²) >= 11 is 0. The van der Waals surface area contributed by atoms with Crippen LogP contribution in [0.3, 0.4) is 0 Å². The van der Waals surface area contributed by atoms with Crippen molar-refractivity contribution in [3.63, 3.8) is 0 Å². The zero-order valence-electron chi connectivity index (χ0n) is 24.4. The van der Waals surface area contributed by atoms with Gasteiger partial charge in [0.2, 0.25) is 0 Å². The van der Waals surface area contributed by atoms with E-state index in [0.717, 1.165) is 62.2 Å². The smallest absolute Gasteiger partial charge is 0.253 e. The maximum atomic E-state index is 13.3. The summed E-state index contributed by atoms with van der Waals surface area (Å²) in [6.07, 6.45) is 6.17. The van der Waals surface area contributed by atoms with Gasteiger partial charge in [-0.25, -0.2) is 0 Å². The molecule has 4 heteroatoms. The van der Waals surface area contributed by atoms with E-state index in [2.05, 4.69) is 62.1 Å². The van der Waals surface area contributed by atoms with Gasteiger partial charge in [-0.1, -0.05) is 75.4 Å². The number of carbonyl (C=O) groups is 1. The van der Waals surface area contributed by atoms with Crippen LogP contribution in [0.15, 0.2) is 72.8 Å². The quantitative estimate of drug-likeness (QED) is 0.336. The first-order valence-corrected chi connectivity index (χ1v) is 14.6. The standard InChI is InChI=1S/C35H46N2O2/c1-35(2,3)19-22-37-20-9-6-10-23-39-33-17-16-31(26-32(33)25-29-14-11-15-30(24-29)27-37)34(38)36(4)21-18-28-12-7-5-8-13-28/h5,7-8,11-17,24,26H,6,9-10,18-23,25,27H2,1-4H3. The van der Waals surface area contributed by atoms with Gasteiger partial charge >= 0.3 is 0 Å². The fourth-order valence-electron chi connectivity index (χ4n) is 5.13. The van der Waals surface area contributed by atoms with E-state index in [4.69, 9.17) is 4.74 Å². The van der Waals surface area contributed by atoms with Crippen molar-refractivity contribution < 1.29 is 9.53 Å². The van der Waals surface area contributed by atoms with E-state index < -0.39 is 0 Å². The molecule has 208 valence electrons. The second kappa shape index (κ2) is 13.8. The summed E-state index contributed by atoms with van der Waals surface area (Å²) in [6, 6.07) is 25.2. The van der Waals surface area contributed by atoms with Crippen LogP contribution in [0.25, 0.3) is 0 Å². The van der Waals surface area contributed by atoms with Crippen molar-refractivity contribution in [3.05, 3.63) is 101 Å². The van der Waals surface area contributed by atoms with E-state index in [1.165, 1.54) is 29.5 Å². The van der Waals surface area contributed by atoms with Gasteiger partial charge < -0.3 is 9.64 Å². The van der Waals surface area contributed by atoms with Crippen LogP contribution >= 0.6 is 0 Å². The first-order chi connectivity index (χ1) is 18.8. The Kier molecular flexibility index (Phi) is 10.2. The van der Waals surface area contributed by atoms with Gasteiger partial charge in [0.25, 0.3) is 5.91 Å². The first kappa shape index (κ1) is 28.9. The Labute approximate surface area is 236 Å². The van der Waals surface area contributed by atoms with Crippen molar-refractivity contribution >= 4 is 5.91 Å². The Morgan fingerprint density at radius 1 is 0.923 bits per heavy atom. The summed E-state index contributed by atoms with van der Waals surface area (Å²) in [7, 11) is 1.89. The molecule has 0 aliphatic carbocycles. The molecule has 1 aliphatic rings. The number of nitrogens with zero attached hydrogens (tertiary/aromatic N) is 2. The predicted molar refractivity (Wildman–Crippen MR) is 161 cm³/mol. The molecule has 0 saturated heterocycles. The first-order valence-electron chi connectivity index (χ1n) is 14.6. The van der Waals surface area contributed by atoms with Gasteiger partial charge in [0.1, 0.15) is 5.75 Å². The highest BCUT2D eigenvalue weighted by molar-refractivity contribution is 5.94. The molecular weight excluding hydrogens is 480 g/mol. The summed E-state index contributed by atoms with van der Waals surface area (Å²) in [5.41, 5.74) is 5.99. The molecule has 3 aromatic carbocycles. The molecule has 0 unspecified atom stereocenters. The van der Waals surface area contributed by atoms with E-state index in [-0.39, 0.29) is 5.91 Å². The normalized spacial score (nSPS) is 15.1. The molecule has 4 rings (SSSR count). The van der Waals surface area contributed by atoms with Crippen molar-refractivity contribution in [2.24, 2.45) is 5.41 Å². The predicted octanol–water partition coefficient (Wildman–Crippen LogP) is 7.39. The van der Waals surface area contributed by atoms with E-state index in [1.807, 2.05) is 48.3 Å². The molecule has 4 nitrogen and oxygen atoms in total. The molecule has 0 N–H and O–H groups in total. The third-order valence-corrected chi connectivity index (χ3v) is 7.58. The summed E-state index contributed by atoms with van der Waals surface area (Å²) in [4.78, 5) is 17.8. The number of amides is 1. The number of likely N-dealkylation sites (N-methyl/N-ethyl adjacent to an activating group) is 1. The number of carbonyl (C=O) groups excluding carboxylic acids is 1. The molecule has 3 aromatic rings. The highest BCUT2D eigenvalue weighted by Gasteiger charge is 2.17. The lowest BCUT2D eigenvalue weighted by atomic mass is 9.92. The summed E-state index contributed by atoms with van der Waals surface area (Å²) in [5, 5.41) is 0. The van der Waals surface area contributed by atoms with Gasteiger partial charge in [-0.05, 0) is 91.1 Å². The van der Waals surface area contributed by atoms with Gasteiger partial charge in [-0.15, -0.1) is 0 Å². The Morgan fingerprint density at radius 3 is 2.51 bits per heavy atom. The van der Waals surface area contributed by atoms with E-state index >= 15 is 0 Å². The monoisotopic (exact) mass is 526 g/mol. The van der Waals surface area contributed by atoms with Gasteiger partial charge in [0.05, 0.1) is 6.61 Å². The third-order valence-electron chi connectivity index (χ3n) is 7.58. The van der Waals surface area contributed by atoms with E-state index in [1.54, 1.807) is 0 Å². The molecule has 0 radical (unpaired) electrons. The van der Waals surface area contributed by atoms with Crippen LogP contribution in [0.5, 0.6) is 5.75 Å². The second-order valence-corrected chi connectivity index (χ2v) is 12.3. The van der Waals surface area contributed by atoms with Crippen molar-refractivity contribution in [3.8, 4) is 5.75 Å². The fraction of sp³-hybridized carbons (Fsp3) is 0.457. The van der Waals surface area contributed by atoms with Crippen LogP contribution in [0.2, 0.25) is 0 Å². The molecule has 0 aromatic heterocycles. The highest BCUT2D eigenvalue weighted by atomic mass is 16.5. The van der Waals surface area contributed by atoms with Crippen molar-refractivity contribution in [2.45, 2.75) is 65.8 Å². The minimum Gasteiger partial charge on any atom is -0.493 e. The fourth-order valence-corrected chi connectivity index (χ4v) is 5.13. The molecule has 1 amide bonds. The molecule has 2 bridgehead atoms. The second-order valence-electron chi connectivity index (χ2n) is 12.3. The molecule has 1 aliphatic heterocycles. The minimum atomic E-state index is 0.0522. The zero-order chi connectivity index (χ0) is 27.7. The van der Waals surface area contributed by atoms with Gasteiger partial charge in [0.15, 0.2) is 0 Å². The third kappa shape index (κ3) is 9.25. The van der Waals surface area contributed by atoms with Crippen molar-refractivity contribution in [1.82, 2.24) is 9.80 Å². The number of hydrogen-bond acceptors (Lipinski definition) is 3. The Balaban J connectivity index is 1.51. The molecule has 0 saturated carbocycles. The molecule has 0 fully saturated rings.